The second-order valence-electron chi connectivity index (χ2n) is 7.39. The van der Waals surface area contributed by atoms with Crippen molar-refractivity contribution in [3.05, 3.63) is 24.3 Å². The van der Waals surface area contributed by atoms with Crippen LogP contribution in [0.15, 0.2) is 24.3 Å². The van der Waals surface area contributed by atoms with E-state index < -0.39 is 0 Å². The topological polar surface area (TPSA) is 65.1 Å². The van der Waals surface area contributed by atoms with Crippen molar-refractivity contribution in [1.82, 2.24) is 14.7 Å². The van der Waals surface area contributed by atoms with Crippen LogP contribution < -0.4 is 10.1 Å². The number of hydrogen-bond acceptors (Lipinski definition) is 4. The average molecular weight is 360 g/mol. The van der Waals surface area contributed by atoms with E-state index in [0.29, 0.717) is 12.5 Å². The Kier molecular flexibility index (Phi) is 5.66. The summed E-state index contributed by atoms with van der Waals surface area (Å²) in [7, 11) is 5.18. The summed E-state index contributed by atoms with van der Waals surface area (Å²) in [5.74, 6) is 1.30. The summed E-state index contributed by atoms with van der Waals surface area (Å²) in [6, 6.07) is 7.44. The maximum atomic E-state index is 12.8. The molecule has 4 rings (SSSR count). The summed E-state index contributed by atoms with van der Waals surface area (Å²) in [6.45, 7) is 2.81. The van der Waals surface area contributed by atoms with Crippen molar-refractivity contribution < 1.29 is 14.3 Å². The highest BCUT2D eigenvalue weighted by molar-refractivity contribution is 5.89. The van der Waals surface area contributed by atoms with E-state index in [-0.39, 0.29) is 18.0 Å². The molecule has 1 aromatic rings. The van der Waals surface area contributed by atoms with E-state index in [1.165, 1.54) is 0 Å². The van der Waals surface area contributed by atoms with Crippen LogP contribution in [-0.2, 0) is 4.79 Å². The molecule has 3 aliphatic heterocycles. The number of benzene rings is 1. The van der Waals surface area contributed by atoms with Crippen LogP contribution in [-0.4, -0.2) is 80.1 Å². The Balaban J connectivity index is 1.63. The molecular formula is C19H28N4O3. The van der Waals surface area contributed by atoms with E-state index in [9.17, 15) is 9.59 Å². The van der Waals surface area contributed by atoms with Gasteiger partial charge < -0.3 is 19.9 Å². The van der Waals surface area contributed by atoms with Crippen LogP contribution in [0.3, 0.4) is 0 Å². The third-order valence-corrected chi connectivity index (χ3v) is 5.25. The number of ether oxygens (including phenoxy) is 1. The number of carbonyl (C=O) groups excluding carboxylic acids is 2. The van der Waals surface area contributed by atoms with Gasteiger partial charge in [-0.05, 0) is 43.0 Å². The van der Waals surface area contributed by atoms with Crippen LogP contribution in [0.2, 0.25) is 0 Å². The molecule has 3 aliphatic rings. The number of anilines is 1. The molecule has 26 heavy (non-hydrogen) atoms. The minimum atomic E-state index is -0.0642. The van der Waals surface area contributed by atoms with Crippen molar-refractivity contribution in [3.8, 4) is 5.75 Å². The molecule has 0 radical (unpaired) electrons. The third kappa shape index (κ3) is 4.27. The van der Waals surface area contributed by atoms with Gasteiger partial charge in [0.2, 0.25) is 5.91 Å². The first-order valence-corrected chi connectivity index (χ1v) is 9.10. The van der Waals surface area contributed by atoms with Gasteiger partial charge in [0.05, 0.1) is 13.7 Å². The third-order valence-electron chi connectivity index (χ3n) is 5.25. The summed E-state index contributed by atoms with van der Waals surface area (Å²) in [5, 5.41) is 2.99. The van der Waals surface area contributed by atoms with Crippen LogP contribution in [0.4, 0.5) is 10.5 Å². The molecule has 7 nitrogen and oxygen atoms in total. The molecule has 2 atom stereocenters. The lowest BCUT2D eigenvalue weighted by Crippen LogP contribution is -2.49. The summed E-state index contributed by atoms with van der Waals surface area (Å²) >= 11 is 0. The second kappa shape index (κ2) is 7.95. The van der Waals surface area contributed by atoms with Gasteiger partial charge >= 0.3 is 6.03 Å². The number of piperidine rings is 1. The van der Waals surface area contributed by atoms with Gasteiger partial charge in [0.1, 0.15) is 5.75 Å². The second-order valence-corrected chi connectivity index (χ2v) is 7.39. The summed E-state index contributed by atoms with van der Waals surface area (Å²) in [4.78, 5) is 30.6. The highest BCUT2D eigenvalue weighted by atomic mass is 16.5. The monoisotopic (exact) mass is 360 g/mol. The zero-order valence-corrected chi connectivity index (χ0v) is 15.8. The first kappa shape index (κ1) is 18.5. The summed E-state index contributed by atoms with van der Waals surface area (Å²) in [6.07, 6.45) is 2.11. The van der Waals surface area contributed by atoms with E-state index in [2.05, 4.69) is 10.2 Å². The quantitative estimate of drug-likeness (QED) is 0.888. The number of nitrogens with one attached hydrogen (secondary N) is 1. The maximum absolute atomic E-state index is 12.8. The Morgan fingerprint density at radius 1 is 1.15 bits per heavy atom. The highest BCUT2D eigenvalue weighted by Crippen LogP contribution is 2.28. The molecule has 0 saturated carbocycles. The molecule has 2 bridgehead atoms. The molecular weight excluding hydrogens is 332 g/mol. The fourth-order valence-electron chi connectivity index (χ4n) is 3.76. The standard InChI is InChI=1S/C19H28N4O3/c1-21(2)18(24)13-22-10-14-4-7-16(12-22)23(11-14)19(25)20-15-5-8-17(26-3)9-6-15/h5-6,8-9,14,16H,4,7,10-13H2,1-3H3,(H,20,25)/t14-,16+/m0/s1. The largest absolute Gasteiger partial charge is 0.497 e. The molecule has 3 amide bonds. The van der Waals surface area contributed by atoms with Crippen molar-refractivity contribution in [1.29, 1.82) is 0 Å². The smallest absolute Gasteiger partial charge is 0.322 e. The molecule has 7 heteroatoms. The number of methoxy groups -OCH3 is 1. The lowest BCUT2D eigenvalue weighted by Gasteiger charge is -2.36. The van der Waals surface area contributed by atoms with Crippen LogP contribution in [0.25, 0.3) is 0 Å². The van der Waals surface area contributed by atoms with Crippen molar-refractivity contribution >= 4 is 17.6 Å². The van der Waals surface area contributed by atoms with Gasteiger partial charge in [0.25, 0.3) is 0 Å². The first-order chi connectivity index (χ1) is 12.5. The van der Waals surface area contributed by atoms with Gasteiger partial charge in [-0.25, -0.2) is 4.79 Å². The molecule has 3 saturated heterocycles. The molecule has 0 aliphatic carbocycles. The number of urea groups is 1. The van der Waals surface area contributed by atoms with E-state index in [1.807, 2.05) is 29.2 Å². The van der Waals surface area contributed by atoms with Gasteiger partial charge in [0, 0.05) is 45.5 Å². The first-order valence-electron chi connectivity index (χ1n) is 9.10. The van der Waals surface area contributed by atoms with Crippen molar-refractivity contribution in [3.63, 3.8) is 0 Å². The number of nitrogens with zero attached hydrogens (tertiary/aromatic N) is 3. The molecule has 1 aromatic carbocycles. The van der Waals surface area contributed by atoms with Crippen LogP contribution in [0.5, 0.6) is 5.75 Å². The fourth-order valence-corrected chi connectivity index (χ4v) is 3.76. The van der Waals surface area contributed by atoms with E-state index in [0.717, 1.165) is 43.9 Å². The molecule has 142 valence electrons. The zero-order chi connectivity index (χ0) is 18.7. The molecule has 0 aromatic heterocycles. The minimum Gasteiger partial charge on any atom is -0.497 e. The van der Waals surface area contributed by atoms with Gasteiger partial charge in [-0.15, -0.1) is 0 Å². The van der Waals surface area contributed by atoms with Gasteiger partial charge in [0.15, 0.2) is 0 Å². The van der Waals surface area contributed by atoms with Crippen LogP contribution in [0.1, 0.15) is 12.8 Å². The number of rotatable bonds is 4. The number of carbonyl (C=O) groups is 2. The van der Waals surface area contributed by atoms with Gasteiger partial charge in [-0.3, -0.25) is 9.69 Å². The van der Waals surface area contributed by atoms with E-state index in [1.54, 1.807) is 26.1 Å². The number of amides is 3. The summed E-state index contributed by atoms with van der Waals surface area (Å²) in [5.41, 5.74) is 0.760. The zero-order valence-electron chi connectivity index (χ0n) is 15.8. The van der Waals surface area contributed by atoms with Gasteiger partial charge in [-0.2, -0.15) is 0 Å². The fraction of sp³-hybridized carbons (Fsp3) is 0.579. The Hall–Kier alpha value is -2.28. The molecule has 0 unspecified atom stereocenters. The normalized spacial score (nSPS) is 22.7. The number of hydrogen-bond donors (Lipinski definition) is 1. The van der Waals surface area contributed by atoms with Crippen molar-refractivity contribution in [2.45, 2.75) is 18.9 Å². The lowest BCUT2D eigenvalue weighted by molar-refractivity contribution is -0.129. The molecule has 0 spiro atoms. The molecule has 1 N–H and O–H groups in total. The summed E-state index contributed by atoms with van der Waals surface area (Å²) < 4.78 is 5.15. The van der Waals surface area contributed by atoms with E-state index >= 15 is 0 Å². The van der Waals surface area contributed by atoms with Crippen molar-refractivity contribution in [2.24, 2.45) is 5.92 Å². The number of fused-ring (bicyclic) bond motifs is 4. The predicted octanol–water partition coefficient (Wildman–Crippen LogP) is 1.71. The van der Waals surface area contributed by atoms with E-state index in [4.69, 9.17) is 4.74 Å². The van der Waals surface area contributed by atoms with Crippen LogP contribution in [0, 0.1) is 5.92 Å². The van der Waals surface area contributed by atoms with Gasteiger partial charge in [-0.1, -0.05) is 0 Å². The maximum Gasteiger partial charge on any atom is 0.322 e. The molecule has 3 fully saturated rings. The highest BCUT2D eigenvalue weighted by Gasteiger charge is 2.37. The Labute approximate surface area is 154 Å². The lowest BCUT2D eigenvalue weighted by atomic mass is 9.95. The Morgan fingerprint density at radius 2 is 1.88 bits per heavy atom. The van der Waals surface area contributed by atoms with Crippen molar-refractivity contribution in [2.75, 3.05) is 52.7 Å². The van der Waals surface area contributed by atoms with Crippen LogP contribution >= 0.6 is 0 Å². The Bertz CT molecular complexity index is 647. The average Bonchev–Trinajstić information content (AvgIpc) is 2.92. The SMILES string of the molecule is COc1ccc(NC(=O)N2C[C@H]3CC[C@@H]2CN(CC(=O)N(C)C)C3)cc1. The predicted molar refractivity (Wildman–Crippen MR) is 100 cm³/mol. The number of likely N-dealkylation sites (N-methyl/N-ethyl adjacent to an activating group) is 1. The Morgan fingerprint density at radius 3 is 2.54 bits per heavy atom. The minimum absolute atomic E-state index is 0.0642. The molecule has 3 heterocycles.